The number of benzene rings is 2. The minimum absolute atomic E-state index is 0.202. The summed E-state index contributed by atoms with van der Waals surface area (Å²) in [5, 5.41) is 3.99. The Morgan fingerprint density at radius 1 is 1.11 bits per heavy atom. The van der Waals surface area contributed by atoms with Gasteiger partial charge in [0.15, 0.2) is 5.76 Å². The Labute approximate surface area is 165 Å². The Morgan fingerprint density at radius 2 is 1.89 bits per heavy atom. The van der Waals surface area contributed by atoms with Crippen molar-refractivity contribution in [3.8, 4) is 11.3 Å². The van der Waals surface area contributed by atoms with E-state index in [0.717, 1.165) is 36.1 Å². The summed E-state index contributed by atoms with van der Waals surface area (Å²) >= 11 is 0. The number of fused-ring (bicyclic) bond motifs is 1. The van der Waals surface area contributed by atoms with Crippen molar-refractivity contribution in [1.29, 1.82) is 0 Å². The van der Waals surface area contributed by atoms with Crippen LogP contribution in [0.5, 0.6) is 0 Å². The van der Waals surface area contributed by atoms with Crippen molar-refractivity contribution >= 4 is 10.0 Å². The normalized spacial score (nSPS) is 16.8. The SMILES string of the molecule is Cc1ccc(-c2onc(C)c2C)cc1S(=O)(=O)N[C@H]1CCCc2ccccc21. The fraction of sp³-hybridized carbons (Fsp3) is 0.318. The maximum Gasteiger partial charge on any atom is 0.241 e. The van der Waals surface area contributed by atoms with Crippen molar-refractivity contribution in [1.82, 2.24) is 9.88 Å². The lowest BCUT2D eigenvalue weighted by Gasteiger charge is -2.26. The van der Waals surface area contributed by atoms with Crippen LogP contribution in [0.2, 0.25) is 0 Å². The molecule has 0 saturated heterocycles. The minimum atomic E-state index is -3.68. The summed E-state index contributed by atoms with van der Waals surface area (Å²) in [7, 11) is -3.68. The molecule has 0 amide bonds. The van der Waals surface area contributed by atoms with Crippen LogP contribution in [0.25, 0.3) is 11.3 Å². The fourth-order valence-electron chi connectivity index (χ4n) is 3.84. The summed E-state index contributed by atoms with van der Waals surface area (Å²) in [5.41, 5.74) is 5.44. The van der Waals surface area contributed by atoms with Crippen molar-refractivity contribution in [2.75, 3.05) is 0 Å². The highest BCUT2D eigenvalue weighted by atomic mass is 32.2. The van der Waals surface area contributed by atoms with Gasteiger partial charge < -0.3 is 4.52 Å². The number of hydrogen-bond donors (Lipinski definition) is 1. The summed E-state index contributed by atoms with van der Waals surface area (Å²) in [6, 6.07) is 13.2. The first-order chi connectivity index (χ1) is 13.4. The predicted octanol–water partition coefficient (Wildman–Crippen LogP) is 4.62. The minimum Gasteiger partial charge on any atom is -0.356 e. The molecule has 0 fully saturated rings. The molecule has 28 heavy (non-hydrogen) atoms. The van der Waals surface area contributed by atoms with Gasteiger partial charge in [-0.25, -0.2) is 13.1 Å². The average molecular weight is 397 g/mol. The molecule has 1 aliphatic carbocycles. The lowest BCUT2D eigenvalue weighted by atomic mass is 9.88. The molecule has 146 valence electrons. The van der Waals surface area contributed by atoms with Crippen molar-refractivity contribution in [3.63, 3.8) is 0 Å². The molecule has 2 aromatic carbocycles. The second kappa shape index (κ2) is 7.18. The van der Waals surface area contributed by atoms with Crippen LogP contribution in [0.15, 0.2) is 51.9 Å². The van der Waals surface area contributed by atoms with Crippen molar-refractivity contribution in [3.05, 3.63) is 70.4 Å². The van der Waals surface area contributed by atoms with E-state index in [1.165, 1.54) is 5.56 Å². The highest BCUT2D eigenvalue weighted by molar-refractivity contribution is 7.89. The molecule has 4 rings (SSSR count). The van der Waals surface area contributed by atoms with Crippen LogP contribution in [-0.4, -0.2) is 13.6 Å². The van der Waals surface area contributed by atoms with Gasteiger partial charge in [0.1, 0.15) is 0 Å². The zero-order chi connectivity index (χ0) is 19.9. The van der Waals surface area contributed by atoms with Crippen LogP contribution in [0.4, 0.5) is 0 Å². The van der Waals surface area contributed by atoms with Crippen LogP contribution in [0, 0.1) is 20.8 Å². The van der Waals surface area contributed by atoms with Gasteiger partial charge in [-0.3, -0.25) is 0 Å². The molecule has 0 bridgehead atoms. The summed E-state index contributed by atoms with van der Waals surface area (Å²) in [6.07, 6.45) is 2.77. The molecule has 1 atom stereocenters. The molecular weight excluding hydrogens is 372 g/mol. The fourth-order valence-corrected chi connectivity index (χ4v) is 5.36. The van der Waals surface area contributed by atoms with Crippen LogP contribution in [0.1, 0.15) is 46.8 Å². The molecule has 0 spiro atoms. The van der Waals surface area contributed by atoms with Gasteiger partial charge in [0.2, 0.25) is 10.0 Å². The highest BCUT2D eigenvalue weighted by Crippen LogP contribution is 2.33. The number of hydrogen-bond acceptors (Lipinski definition) is 4. The van der Waals surface area contributed by atoms with E-state index in [4.69, 9.17) is 4.52 Å². The first-order valence-electron chi connectivity index (χ1n) is 9.51. The molecule has 1 N–H and O–H groups in total. The van der Waals surface area contributed by atoms with Gasteiger partial charge in [-0.15, -0.1) is 0 Å². The molecule has 1 heterocycles. The van der Waals surface area contributed by atoms with E-state index in [9.17, 15) is 8.42 Å². The van der Waals surface area contributed by atoms with Gasteiger partial charge in [-0.1, -0.05) is 41.6 Å². The average Bonchev–Trinajstić information content (AvgIpc) is 3.01. The Kier molecular flexibility index (Phi) is 4.85. The smallest absolute Gasteiger partial charge is 0.241 e. The number of sulfonamides is 1. The van der Waals surface area contributed by atoms with Crippen LogP contribution < -0.4 is 4.72 Å². The lowest BCUT2D eigenvalue weighted by Crippen LogP contribution is -2.31. The zero-order valence-electron chi connectivity index (χ0n) is 16.3. The molecule has 6 heteroatoms. The third-order valence-electron chi connectivity index (χ3n) is 5.56. The number of aryl methyl sites for hydroxylation is 3. The Balaban J connectivity index is 1.71. The molecular formula is C22H24N2O3S. The van der Waals surface area contributed by atoms with E-state index in [1.807, 2.05) is 51.1 Å². The number of rotatable bonds is 4. The van der Waals surface area contributed by atoms with E-state index in [1.54, 1.807) is 6.07 Å². The first-order valence-corrected chi connectivity index (χ1v) is 11.0. The molecule has 1 aliphatic rings. The van der Waals surface area contributed by atoms with Crippen LogP contribution >= 0.6 is 0 Å². The van der Waals surface area contributed by atoms with E-state index in [0.29, 0.717) is 16.9 Å². The molecule has 1 aromatic heterocycles. The first kappa shape index (κ1) is 18.9. The molecule has 0 saturated carbocycles. The van der Waals surface area contributed by atoms with Gasteiger partial charge in [0.25, 0.3) is 0 Å². The van der Waals surface area contributed by atoms with Gasteiger partial charge in [-0.05, 0) is 62.8 Å². The summed E-state index contributed by atoms with van der Waals surface area (Å²) < 4.78 is 34.8. The van der Waals surface area contributed by atoms with E-state index < -0.39 is 10.0 Å². The molecule has 0 aliphatic heterocycles. The second-order valence-electron chi connectivity index (χ2n) is 7.47. The summed E-state index contributed by atoms with van der Waals surface area (Å²) in [5.74, 6) is 0.608. The number of nitrogens with zero attached hydrogens (tertiary/aromatic N) is 1. The van der Waals surface area contributed by atoms with Crippen molar-refractivity contribution < 1.29 is 12.9 Å². The Hall–Kier alpha value is -2.44. The lowest BCUT2D eigenvalue weighted by molar-refractivity contribution is 0.426. The van der Waals surface area contributed by atoms with Crippen LogP contribution in [0.3, 0.4) is 0 Å². The van der Waals surface area contributed by atoms with Crippen LogP contribution in [-0.2, 0) is 16.4 Å². The predicted molar refractivity (Wildman–Crippen MR) is 109 cm³/mol. The maximum atomic E-state index is 13.2. The second-order valence-corrected chi connectivity index (χ2v) is 9.15. The standard InChI is InChI=1S/C22H24N2O3S/c1-14-11-12-18(22-15(2)16(3)23-27-22)13-21(14)28(25,26)24-20-10-6-8-17-7-4-5-9-19(17)20/h4-5,7,9,11-13,20,24H,6,8,10H2,1-3H3/t20-/m0/s1. The molecule has 3 aromatic rings. The van der Waals surface area contributed by atoms with E-state index in [-0.39, 0.29) is 10.9 Å². The van der Waals surface area contributed by atoms with Crippen molar-refractivity contribution in [2.24, 2.45) is 0 Å². The third-order valence-corrected chi connectivity index (χ3v) is 7.18. The topological polar surface area (TPSA) is 72.2 Å². The van der Waals surface area contributed by atoms with Crippen molar-refractivity contribution in [2.45, 2.75) is 51.0 Å². The molecule has 5 nitrogen and oxygen atoms in total. The highest BCUT2D eigenvalue weighted by Gasteiger charge is 2.27. The number of nitrogens with one attached hydrogen (secondary N) is 1. The zero-order valence-corrected chi connectivity index (χ0v) is 17.1. The van der Waals surface area contributed by atoms with Gasteiger partial charge >= 0.3 is 0 Å². The van der Waals surface area contributed by atoms with Gasteiger partial charge in [0, 0.05) is 17.2 Å². The third kappa shape index (κ3) is 3.38. The molecule has 0 unspecified atom stereocenters. The molecule has 0 radical (unpaired) electrons. The van der Waals surface area contributed by atoms with E-state index in [2.05, 4.69) is 15.9 Å². The van der Waals surface area contributed by atoms with Gasteiger partial charge in [-0.2, -0.15) is 0 Å². The number of aromatic nitrogens is 1. The summed E-state index contributed by atoms with van der Waals surface area (Å²) in [6.45, 7) is 5.61. The summed E-state index contributed by atoms with van der Waals surface area (Å²) in [4.78, 5) is 0.279. The van der Waals surface area contributed by atoms with Gasteiger partial charge in [0.05, 0.1) is 10.6 Å². The maximum absolute atomic E-state index is 13.2. The quantitative estimate of drug-likeness (QED) is 0.698. The largest absolute Gasteiger partial charge is 0.356 e. The Morgan fingerprint density at radius 3 is 2.64 bits per heavy atom. The monoisotopic (exact) mass is 396 g/mol. The Bertz CT molecular complexity index is 1130. The van der Waals surface area contributed by atoms with E-state index >= 15 is 0 Å².